The molecule has 0 spiro atoms. The van der Waals surface area contributed by atoms with Crippen LogP contribution in [0.15, 0.2) is 16.3 Å². The number of nitrogens with two attached hydrogens (primary N) is 1. The molecule has 0 saturated heterocycles. The molecule has 0 unspecified atom stereocenters. The molecule has 3 nitrogen and oxygen atoms in total. The summed E-state index contributed by atoms with van der Waals surface area (Å²) < 4.78 is 0. The smallest absolute Gasteiger partial charge is 0.0626 e. The van der Waals surface area contributed by atoms with E-state index in [2.05, 4.69) is 4.99 Å². The Labute approximate surface area is 73.0 Å². The van der Waals surface area contributed by atoms with Crippen LogP contribution >= 0.6 is 0 Å². The summed E-state index contributed by atoms with van der Waals surface area (Å²) in [6, 6.07) is 0. The van der Waals surface area contributed by atoms with Crippen LogP contribution in [0.1, 0.15) is 25.7 Å². The first kappa shape index (κ1) is 9.26. The van der Waals surface area contributed by atoms with Gasteiger partial charge >= 0.3 is 0 Å². The molecule has 0 aromatic carbocycles. The second-order valence-corrected chi connectivity index (χ2v) is 3.02. The fourth-order valence-corrected chi connectivity index (χ4v) is 1.33. The largest absolute Gasteiger partial charge is 0.402 e. The van der Waals surface area contributed by atoms with Crippen LogP contribution < -0.4 is 5.73 Å². The lowest BCUT2D eigenvalue weighted by molar-refractivity contribution is 0.307. The van der Waals surface area contributed by atoms with Crippen LogP contribution in [0, 0.1) is 0 Å². The average Bonchev–Trinajstić information content (AvgIpc) is 2.09. The van der Waals surface area contributed by atoms with E-state index in [9.17, 15) is 0 Å². The number of rotatable bonds is 3. The van der Waals surface area contributed by atoms with Crippen LogP contribution in [0.3, 0.4) is 0 Å². The first-order valence-electron chi connectivity index (χ1n) is 4.43. The molecular formula is C9H16N2O. The van der Waals surface area contributed by atoms with Gasteiger partial charge in [-0.25, -0.2) is 0 Å². The van der Waals surface area contributed by atoms with E-state index in [0.717, 1.165) is 24.1 Å². The summed E-state index contributed by atoms with van der Waals surface area (Å²) in [5, 5.41) is 8.50. The molecule has 0 aromatic heterocycles. The molecule has 0 amide bonds. The Balaban J connectivity index is 2.48. The molecule has 0 aromatic rings. The van der Waals surface area contributed by atoms with Gasteiger partial charge in [-0.2, -0.15) is 0 Å². The van der Waals surface area contributed by atoms with Gasteiger partial charge in [0.1, 0.15) is 0 Å². The number of aliphatic hydroxyl groups excluding tert-OH is 1. The monoisotopic (exact) mass is 168 g/mol. The fraction of sp³-hybridized carbons (Fsp3) is 0.667. The van der Waals surface area contributed by atoms with Crippen molar-refractivity contribution in [1.82, 2.24) is 0 Å². The lowest BCUT2D eigenvalue weighted by atomic mass is 9.97. The minimum absolute atomic E-state index is 0.115. The summed E-state index contributed by atoms with van der Waals surface area (Å²) in [6.07, 6.45) is 6.26. The highest BCUT2D eigenvalue weighted by Gasteiger charge is 2.06. The van der Waals surface area contributed by atoms with Gasteiger partial charge in [-0.1, -0.05) is 0 Å². The lowest BCUT2D eigenvalue weighted by Gasteiger charge is -2.13. The maximum absolute atomic E-state index is 8.50. The maximum Gasteiger partial charge on any atom is 0.0626 e. The molecule has 68 valence electrons. The van der Waals surface area contributed by atoms with Crippen LogP contribution in [0.25, 0.3) is 0 Å². The predicted molar refractivity (Wildman–Crippen MR) is 50.1 cm³/mol. The molecule has 0 atom stereocenters. The number of hydrogen-bond acceptors (Lipinski definition) is 3. The van der Waals surface area contributed by atoms with Gasteiger partial charge in [0.15, 0.2) is 0 Å². The third-order valence-corrected chi connectivity index (χ3v) is 2.03. The second kappa shape index (κ2) is 4.93. The Bertz CT molecular complexity index is 197. The molecule has 0 aliphatic heterocycles. The van der Waals surface area contributed by atoms with Gasteiger partial charge in [0, 0.05) is 11.9 Å². The van der Waals surface area contributed by atoms with Crippen molar-refractivity contribution in [3.63, 3.8) is 0 Å². The van der Waals surface area contributed by atoms with Crippen molar-refractivity contribution in [2.75, 3.05) is 13.2 Å². The number of allylic oxidation sites excluding steroid dienone is 2. The van der Waals surface area contributed by atoms with Gasteiger partial charge in [-0.3, -0.25) is 4.99 Å². The third-order valence-electron chi connectivity index (χ3n) is 2.03. The predicted octanol–water partition coefficient (Wildman–Crippen LogP) is 0.836. The van der Waals surface area contributed by atoms with E-state index in [0.29, 0.717) is 6.54 Å². The fourth-order valence-electron chi connectivity index (χ4n) is 1.33. The molecule has 0 fully saturated rings. The average molecular weight is 168 g/mol. The van der Waals surface area contributed by atoms with Crippen LogP contribution in [-0.2, 0) is 0 Å². The molecule has 12 heavy (non-hydrogen) atoms. The van der Waals surface area contributed by atoms with Gasteiger partial charge in [0.05, 0.1) is 13.2 Å². The van der Waals surface area contributed by atoms with Gasteiger partial charge < -0.3 is 10.8 Å². The molecule has 1 aliphatic rings. The van der Waals surface area contributed by atoms with Crippen molar-refractivity contribution < 1.29 is 5.11 Å². The molecule has 1 rings (SSSR count). The Morgan fingerprint density at radius 2 is 2.17 bits per heavy atom. The lowest BCUT2D eigenvalue weighted by Crippen LogP contribution is -2.08. The Morgan fingerprint density at radius 1 is 1.42 bits per heavy atom. The third kappa shape index (κ3) is 2.66. The zero-order chi connectivity index (χ0) is 8.81. The van der Waals surface area contributed by atoms with E-state index in [1.165, 1.54) is 12.8 Å². The Morgan fingerprint density at radius 3 is 2.83 bits per heavy atom. The summed E-state index contributed by atoms with van der Waals surface area (Å²) in [7, 11) is 0. The van der Waals surface area contributed by atoms with E-state index in [4.69, 9.17) is 10.8 Å². The van der Waals surface area contributed by atoms with E-state index < -0.39 is 0 Å². The van der Waals surface area contributed by atoms with Crippen molar-refractivity contribution in [2.24, 2.45) is 10.7 Å². The van der Waals surface area contributed by atoms with Crippen molar-refractivity contribution in [2.45, 2.75) is 25.7 Å². The first-order valence-corrected chi connectivity index (χ1v) is 4.43. The van der Waals surface area contributed by atoms with Crippen LogP contribution in [0.2, 0.25) is 0 Å². The summed E-state index contributed by atoms with van der Waals surface area (Å²) >= 11 is 0. The standard InChI is InChI=1S/C9H16N2O/c10-9-4-2-1-3-8(9)7-11-5-6-12/h7,12H,1-6,10H2. The number of hydrogen-bond donors (Lipinski definition) is 2. The van der Waals surface area contributed by atoms with Crippen molar-refractivity contribution in [1.29, 1.82) is 0 Å². The van der Waals surface area contributed by atoms with Crippen LogP contribution in [-0.4, -0.2) is 24.5 Å². The molecule has 0 bridgehead atoms. The first-order chi connectivity index (χ1) is 5.84. The summed E-state index contributed by atoms with van der Waals surface area (Å²) in [4.78, 5) is 4.05. The Kier molecular flexibility index (Phi) is 3.80. The highest BCUT2D eigenvalue weighted by molar-refractivity contribution is 5.79. The van der Waals surface area contributed by atoms with Crippen LogP contribution in [0.4, 0.5) is 0 Å². The number of aliphatic hydroxyl groups is 1. The molecule has 3 heteroatoms. The SMILES string of the molecule is NC1=C(C=NCCO)CCCC1. The normalized spacial score (nSPS) is 19.1. The summed E-state index contributed by atoms with van der Waals surface area (Å²) in [5.74, 6) is 0. The van der Waals surface area contributed by atoms with Gasteiger partial charge in [-0.05, 0) is 31.3 Å². The second-order valence-electron chi connectivity index (χ2n) is 3.02. The van der Waals surface area contributed by atoms with Gasteiger partial charge in [0.25, 0.3) is 0 Å². The molecule has 0 saturated carbocycles. The maximum atomic E-state index is 8.50. The van der Waals surface area contributed by atoms with Crippen molar-refractivity contribution in [3.8, 4) is 0 Å². The zero-order valence-electron chi connectivity index (χ0n) is 7.29. The number of nitrogens with zero attached hydrogens (tertiary/aromatic N) is 1. The molecule has 0 radical (unpaired) electrons. The van der Waals surface area contributed by atoms with Crippen molar-refractivity contribution in [3.05, 3.63) is 11.3 Å². The highest BCUT2D eigenvalue weighted by Crippen LogP contribution is 2.19. The Hall–Kier alpha value is -0.830. The molecule has 0 heterocycles. The number of aliphatic imine (C=N–C) groups is 1. The van der Waals surface area contributed by atoms with Crippen molar-refractivity contribution >= 4 is 6.21 Å². The molecule has 3 N–H and O–H groups in total. The topological polar surface area (TPSA) is 58.6 Å². The highest BCUT2D eigenvalue weighted by atomic mass is 16.3. The minimum atomic E-state index is 0.115. The van der Waals surface area contributed by atoms with E-state index in [-0.39, 0.29) is 6.61 Å². The van der Waals surface area contributed by atoms with Crippen LogP contribution in [0.5, 0.6) is 0 Å². The van der Waals surface area contributed by atoms with Gasteiger partial charge in [0.2, 0.25) is 0 Å². The molecular weight excluding hydrogens is 152 g/mol. The minimum Gasteiger partial charge on any atom is -0.402 e. The summed E-state index contributed by atoms with van der Waals surface area (Å²) in [6.45, 7) is 0.598. The molecule has 1 aliphatic carbocycles. The van der Waals surface area contributed by atoms with Gasteiger partial charge in [-0.15, -0.1) is 0 Å². The van der Waals surface area contributed by atoms with E-state index in [1.807, 2.05) is 6.21 Å². The zero-order valence-corrected chi connectivity index (χ0v) is 7.29. The quantitative estimate of drug-likeness (QED) is 0.613. The van der Waals surface area contributed by atoms with E-state index >= 15 is 0 Å². The van der Waals surface area contributed by atoms with E-state index in [1.54, 1.807) is 0 Å². The summed E-state index contributed by atoms with van der Waals surface area (Å²) in [5.41, 5.74) is 7.92.